The molecule has 174 valence electrons. The summed E-state index contributed by atoms with van der Waals surface area (Å²) in [6, 6.07) is 10.4. The van der Waals surface area contributed by atoms with Crippen LogP contribution in [0.15, 0.2) is 34.9 Å². The summed E-state index contributed by atoms with van der Waals surface area (Å²) in [6.45, 7) is 11.6. The largest absolute Gasteiger partial charge is 0.376 e. The topological polar surface area (TPSA) is 58.8 Å². The van der Waals surface area contributed by atoms with Crippen molar-refractivity contribution in [2.75, 3.05) is 32.8 Å². The molecule has 1 atom stereocenters. The van der Waals surface area contributed by atoms with Crippen molar-refractivity contribution in [3.63, 3.8) is 0 Å². The second-order valence-corrected chi connectivity index (χ2v) is 9.76. The Morgan fingerprint density at radius 2 is 1.97 bits per heavy atom. The molecule has 2 fully saturated rings. The second kappa shape index (κ2) is 10.6. The van der Waals surface area contributed by atoms with E-state index in [4.69, 9.17) is 9.26 Å². The first-order valence-electron chi connectivity index (χ1n) is 12.1. The van der Waals surface area contributed by atoms with E-state index >= 15 is 0 Å². The number of hydrogen-bond donors (Lipinski definition) is 0. The Morgan fingerprint density at radius 1 is 1.19 bits per heavy atom. The Balaban J connectivity index is 1.36. The highest BCUT2D eigenvalue weighted by molar-refractivity contribution is 5.92. The summed E-state index contributed by atoms with van der Waals surface area (Å²) in [4.78, 5) is 17.8. The number of hydrogen-bond acceptors (Lipinski definition) is 5. The predicted octanol–water partition coefficient (Wildman–Crippen LogP) is 4.64. The highest BCUT2D eigenvalue weighted by Gasteiger charge is 2.29. The van der Waals surface area contributed by atoms with Crippen LogP contribution in [0.3, 0.4) is 0 Å². The Hall–Kier alpha value is -2.18. The smallest absolute Gasteiger partial charge is 0.276 e. The lowest BCUT2D eigenvalue weighted by molar-refractivity contribution is 0.0437. The quantitative estimate of drug-likeness (QED) is 0.600. The van der Waals surface area contributed by atoms with Crippen LogP contribution in [0.4, 0.5) is 0 Å². The molecule has 3 heterocycles. The van der Waals surface area contributed by atoms with Gasteiger partial charge in [-0.3, -0.25) is 9.69 Å². The molecule has 2 aliphatic rings. The summed E-state index contributed by atoms with van der Waals surface area (Å²) in [5, 5.41) is 4.08. The van der Waals surface area contributed by atoms with E-state index in [9.17, 15) is 4.79 Å². The van der Waals surface area contributed by atoms with E-state index in [1.165, 1.54) is 11.1 Å². The van der Waals surface area contributed by atoms with Crippen LogP contribution in [0.1, 0.15) is 72.8 Å². The first kappa shape index (κ1) is 23.0. The van der Waals surface area contributed by atoms with E-state index in [2.05, 4.69) is 41.2 Å². The van der Waals surface area contributed by atoms with Crippen LogP contribution in [-0.2, 0) is 11.3 Å². The molecular formula is C26H37N3O3. The first-order chi connectivity index (χ1) is 15.5. The average Bonchev–Trinajstić information content (AvgIpc) is 3.48. The van der Waals surface area contributed by atoms with Gasteiger partial charge in [-0.2, -0.15) is 0 Å². The summed E-state index contributed by atoms with van der Waals surface area (Å²) in [5.74, 6) is 1.45. The summed E-state index contributed by atoms with van der Waals surface area (Å²) in [6.07, 6.45) is 4.45. The van der Waals surface area contributed by atoms with Gasteiger partial charge in [0.25, 0.3) is 5.91 Å². The third-order valence-electron chi connectivity index (χ3n) is 6.89. The fraction of sp³-hybridized carbons (Fsp3) is 0.615. The minimum Gasteiger partial charge on any atom is -0.376 e. The number of carbonyl (C=O) groups is 1. The maximum atomic E-state index is 13.3. The van der Waals surface area contributed by atoms with E-state index in [1.807, 2.05) is 18.7 Å². The molecule has 0 N–H and O–H groups in total. The van der Waals surface area contributed by atoms with Crippen molar-refractivity contribution in [3.05, 3.63) is 52.9 Å². The summed E-state index contributed by atoms with van der Waals surface area (Å²) in [5.41, 5.74) is 3.19. The van der Waals surface area contributed by atoms with Gasteiger partial charge in [-0.05, 0) is 62.7 Å². The van der Waals surface area contributed by atoms with Gasteiger partial charge in [0.05, 0.1) is 6.10 Å². The van der Waals surface area contributed by atoms with E-state index in [0.717, 1.165) is 64.2 Å². The molecule has 0 unspecified atom stereocenters. The van der Waals surface area contributed by atoms with Crippen LogP contribution >= 0.6 is 0 Å². The number of benzene rings is 1. The maximum absolute atomic E-state index is 13.3. The van der Waals surface area contributed by atoms with Crippen molar-refractivity contribution in [1.29, 1.82) is 0 Å². The van der Waals surface area contributed by atoms with E-state index < -0.39 is 0 Å². The van der Waals surface area contributed by atoms with Gasteiger partial charge >= 0.3 is 0 Å². The summed E-state index contributed by atoms with van der Waals surface area (Å²) in [7, 11) is 0. The molecule has 2 aliphatic heterocycles. The number of rotatable bonds is 8. The third kappa shape index (κ3) is 5.78. The Kier molecular flexibility index (Phi) is 7.63. The van der Waals surface area contributed by atoms with Crippen LogP contribution in [0.2, 0.25) is 0 Å². The summed E-state index contributed by atoms with van der Waals surface area (Å²) < 4.78 is 11.3. The summed E-state index contributed by atoms with van der Waals surface area (Å²) >= 11 is 0. The SMILES string of the molecule is Cc1ccccc1CN1CCC(CN(C[C@@H]2CCCO2)C(=O)c2cc(C(C)C)on2)CC1. The number of piperidine rings is 1. The molecule has 32 heavy (non-hydrogen) atoms. The number of nitrogens with zero attached hydrogens (tertiary/aromatic N) is 3. The van der Waals surface area contributed by atoms with Crippen LogP contribution < -0.4 is 0 Å². The second-order valence-electron chi connectivity index (χ2n) is 9.76. The maximum Gasteiger partial charge on any atom is 0.276 e. The molecule has 6 nitrogen and oxygen atoms in total. The molecule has 2 aromatic rings. The molecule has 0 bridgehead atoms. The number of carbonyl (C=O) groups excluding carboxylic acids is 1. The lowest BCUT2D eigenvalue weighted by Gasteiger charge is -2.35. The van der Waals surface area contributed by atoms with E-state index in [-0.39, 0.29) is 17.9 Å². The molecule has 0 radical (unpaired) electrons. The minimum absolute atomic E-state index is 0.0292. The normalized spacial score (nSPS) is 20.2. The van der Waals surface area contributed by atoms with Gasteiger partial charge in [-0.25, -0.2) is 0 Å². The average molecular weight is 440 g/mol. The molecule has 0 saturated carbocycles. The van der Waals surface area contributed by atoms with Crippen molar-refractivity contribution in [2.24, 2.45) is 5.92 Å². The number of ether oxygens (including phenoxy) is 1. The van der Waals surface area contributed by atoms with E-state index in [0.29, 0.717) is 18.2 Å². The number of likely N-dealkylation sites (tertiary alicyclic amines) is 1. The predicted molar refractivity (Wildman–Crippen MR) is 125 cm³/mol. The molecule has 2 saturated heterocycles. The molecule has 1 aromatic heterocycles. The number of aromatic nitrogens is 1. The lowest BCUT2D eigenvalue weighted by atomic mass is 9.95. The standard InChI is InChI=1S/C26H37N3O3/c1-19(2)25-15-24(27-32-25)26(30)29(18-23-9-6-14-31-23)16-21-10-12-28(13-11-21)17-22-8-5-4-7-20(22)3/h4-5,7-8,15,19,21,23H,6,9-14,16-18H2,1-3H3/t23-/m0/s1. The third-order valence-corrected chi connectivity index (χ3v) is 6.89. The number of aryl methyl sites for hydroxylation is 1. The van der Waals surface area contributed by atoms with Gasteiger partial charge in [0.1, 0.15) is 5.76 Å². The van der Waals surface area contributed by atoms with Crippen LogP contribution in [0.25, 0.3) is 0 Å². The van der Waals surface area contributed by atoms with Gasteiger partial charge in [-0.1, -0.05) is 43.3 Å². The van der Waals surface area contributed by atoms with Gasteiger partial charge in [-0.15, -0.1) is 0 Å². The molecule has 0 spiro atoms. The van der Waals surface area contributed by atoms with Crippen molar-refractivity contribution >= 4 is 5.91 Å². The highest BCUT2D eigenvalue weighted by atomic mass is 16.5. The van der Waals surface area contributed by atoms with Crippen molar-refractivity contribution in [2.45, 2.75) is 65.0 Å². The molecule has 0 aliphatic carbocycles. The lowest BCUT2D eigenvalue weighted by Crippen LogP contribution is -2.43. The molecule has 1 aromatic carbocycles. The van der Waals surface area contributed by atoms with Gasteiger partial charge in [0, 0.05) is 38.2 Å². The van der Waals surface area contributed by atoms with Gasteiger partial charge in [0.15, 0.2) is 5.69 Å². The molecular weight excluding hydrogens is 402 g/mol. The van der Waals surface area contributed by atoms with E-state index in [1.54, 1.807) is 6.07 Å². The van der Waals surface area contributed by atoms with Gasteiger partial charge in [0.2, 0.25) is 0 Å². The van der Waals surface area contributed by atoms with Gasteiger partial charge < -0.3 is 14.2 Å². The zero-order valence-corrected chi connectivity index (χ0v) is 19.8. The van der Waals surface area contributed by atoms with Crippen LogP contribution in [0.5, 0.6) is 0 Å². The molecule has 6 heteroatoms. The molecule has 4 rings (SSSR count). The highest BCUT2D eigenvalue weighted by Crippen LogP contribution is 2.24. The Bertz CT molecular complexity index is 880. The Morgan fingerprint density at radius 3 is 2.62 bits per heavy atom. The van der Waals surface area contributed by atoms with Crippen LogP contribution in [0, 0.1) is 12.8 Å². The first-order valence-corrected chi connectivity index (χ1v) is 12.1. The van der Waals surface area contributed by atoms with Crippen molar-refractivity contribution < 1.29 is 14.1 Å². The fourth-order valence-electron chi connectivity index (χ4n) is 4.77. The van der Waals surface area contributed by atoms with Crippen molar-refractivity contribution in [3.8, 4) is 0 Å². The minimum atomic E-state index is -0.0292. The Labute approximate surface area is 191 Å². The molecule has 1 amide bonds. The monoisotopic (exact) mass is 439 g/mol. The number of amides is 1. The zero-order chi connectivity index (χ0) is 22.5. The van der Waals surface area contributed by atoms with Crippen LogP contribution in [-0.4, -0.2) is 59.8 Å². The fourth-order valence-corrected chi connectivity index (χ4v) is 4.77. The zero-order valence-electron chi connectivity index (χ0n) is 19.8. The van der Waals surface area contributed by atoms with Crippen molar-refractivity contribution in [1.82, 2.24) is 15.0 Å².